The number of hydrogen-bond acceptors (Lipinski definition) is 8. The molecule has 3 aliphatic rings. The van der Waals surface area contributed by atoms with Crippen LogP contribution in [0.15, 0.2) is 4.52 Å². The number of nitrogens with one attached hydrogen (secondary N) is 1. The monoisotopic (exact) mass is 540 g/mol. The summed E-state index contributed by atoms with van der Waals surface area (Å²) in [5.74, 6) is -2.87. The Morgan fingerprint density at radius 1 is 1.18 bits per heavy atom. The summed E-state index contributed by atoms with van der Waals surface area (Å²) in [6.45, 7) is 6.29. The van der Waals surface area contributed by atoms with Gasteiger partial charge in [0, 0.05) is 45.4 Å². The summed E-state index contributed by atoms with van der Waals surface area (Å²) in [6, 6.07) is -1.32. The fraction of sp³-hybridized carbons (Fsp3) is 0.800. The fourth-order valence-corrected chi connectivity index (χ4v) is 5.20. The summed E-state index contributed by atoms with van der Waals surface area (Å²) in [5.41, 5.74) is -0.795. The second-order valence-electron chi connectivity index (χ2n) is 11.4. The number of piperidine rings is 2. The third kappa shape index (κ3) is 7.31. The van der Waals surface area contributed by atoms with E-state index in [9.17, 15) is 23.2 Å². The molecule has 13 heteroatoms. The predicted octanol–water partition coefficient (Wildman–Crippen LogP) is 3.26. The number of hydrogen-bond donors (Lipinski definition) is 1. The van der Waals surface area contributed by atoms with Gasteiger partial charge in [-0.15, -0.1) is 0 Å². The molecule has 0 spiro atoms. The molecule has 0 unspecified atom stereocenters. The van der Waals surface area contributed by atoms with Crippen LogP contribution >= 0.6 is 0 Å². The molecule has 1 aromatic heterocycles. The van der Waals surface area contributed by atoms with Crippen molar-refractivity contribution >= 4 is 23.9 Å². The normalized spacial score (nSPS) is 22.9. The maximum atomic E-state index is 14.0. The van der Waals surface area contributed by atoms with Crippen molar-refractivity contribution in [1.82, 2.24) is 25.3 Å². The highest BCUT2D eigenvalue weighted by Gasteiger charge is 2.41. The molecule has 0 bridgehead atoms. The molecule has 0 aliphatic carbocycles. The van der Waals surface area contributed by atoms with Gasteiger partial charge in [0.15, 0.2) is 0 Å². The van der Waals surface area contributed by atoms with Crippen LogP contribution in [0.2, 0.25) is 0 Å². The molecule has 3 aliphatic heterocycles. The Bertz CT molecular complexity index is 1010. The molecular weight excluding hydrogens is 502 g/mol. The number of rotatable bonds is 7. The van der Waals surface area contributed by atoms with Gasteiger partial charge in [-0.1, -0.05) is 0 Å². The van der Waals surface area contributed by atoms with Crippen molar-refractivity contribution < 1.29 is 32.4 Å². The highest BCUT2D eigenvalue weighted by molar-refractivity contribution is 5.80. The molecule has 3 saturated heterocycles. The van der Waals surface area contributed by atoms with Crippen molar-refractivity contribution in [3.63, 3.8) is 0 Å². The summed E-state index contributed by atoms with van der Waals surface area (Å²) in [4.78, 5) is 47.6. The molecule has 0 saturated carbocycles. The van der Waals surface area contributed by atoms with E-state index in [-0.39, 0.29) is 25.3 Å². The largest absolute Gasteiger partial charge is 0.444 e. The van der Waals surface area contributed by atoms with Crippen LogP contribution in [0.1, 0.15) is 84.1 Å². The molecule has 4 rings (SSSR count). The quantitative estimate of drug-likeness (QED) is 0.560. The van der Waals surface area contributed by atoms with Crippen LogP contribution in [-0.2, 0) is 14.3 Å². The van der Waals surface area contributed by atoms with E-state index >= 15 is 0 Å². The van der Waals surface area contributed by atoms with E-state index in [4.69, 9.17) is 9.26 Å². The van der Waals surface area contributed by atoms with E-state index in [2.05, 4.69) is 20.4 Å². The number of ether oxygens (including phenoxy) is 1. The number of nitrogens with zero attached hydrogens (tertiary/aromatic N) is 5. The van der Waals surface area contributed by atoms with Crippen LogP contribution in [0, 0.1) is 0 Å². The summed E-state index contributed by atoms with van der Waals surface area (Å²) in [6.07, 6.45) is 2.91. The second-order valence-corrected chi connectivity index (χ2v) is 11.4. The smallest absolute Gasteiger partial charge is 0.407 e. The van der Waals surface area contributed by atoms with Gasteiger partial charge in [-0.3, -0.25) is 9.59 Å². The molecule has 0 aromatic carbocycles. The molecular formula is C25H38F2N6O5. The molecule has 212 valence electrons. The SMILES string of the molecule is CC(C)(C)OC(=O)N[C@@H](CC(=O)N1CCC[C@H]1c1nc(N2CCCCC2)no1)CN1CC(F)(F)CCC1=O. The Balaban J connectivity index is 1.45. The lowest BCUT2D eigenvalue weighted by Gasteiger charge is -2.35. The molecule has 1 N–H and O–H groups in total. The summed E-state index contributed by atoms with van der Waals surface area (Å²) < 4.78 is 38.9. The molecule has 2 atom stereocenters. The number of anilines is 1. The first-order valence-corrected chi connectivity index (χ1v) is 13.4. The fourth-order valence-electron chi connectivity index (χ4n) is 5.20. The molecule has 38 heavy (non-hydrogen) atoms. The van der Waals surface area contributed by atoms with Crippen LogP contribution in [0.5, 0.6) is 0 Å². The lowest BCUT2D eigenvalue weighted by molar-refractivity contribution is -0.148. The van der Waals surface area contributed by atoms with E-state index < -0.39 is 48.6 Å². The molecule has 11 nitrogen and oxygen atoms in total. The lowest BCUT2D eigenvalue weighted by Crippen LogP contribution is -2.53. The van der Waals surface area contributed by atoms with Crippen LogP contribution in [0.4, 0.5) is 19.5 Å². The first kappa shape index (κ1) is 28.0. The summed E-state index contributed by atoms with van der Waals surface area (Å²) in [5, 5.41) is 6.74. The Labute approximate surface area is 221 Å². The summed E-state index contributed by atoms with van der Waals surface area (Å²) >= 11 is 0. The Morgan fingerprint density at radius 2 is 1.92 bits per heavy atom. The highest BCUT2D eigenvalue weighted by atomic mass is 19.3. The Hall–Kier alpha value is -2.99. The number of likely N-dealkylation sites (tertiary alicyclic amines) is 2. The van der Waals surface area contributed by atoms with Crippen LogP contribution in [0.25, 0.3) is 0 Å². The Kier molecular flexibility index (Phi) is 8.41. The van der Waals surface area contributed by atoms with Crippen molar-refractivity contribution in [2.45, 2.75) is 95.7 Å². The minimum atomic E-state index is -3.02. The van der Waals surface area contributed by atoms with Gasteiger partial charge in [-0.2, -0.15) is 4.98 Å². The number of carbonyl (C=O) groups is 3. The maximum absolute atomic E-state index is 14.0. The average molecular weight is 541 g/mol. The van der Waals surface area contributed by atoms with Crippen LogP contribution in [0.3, 0.4) is 0 Å². The number of alkyl halides is 2. The lowest BCUT2D eigenvalue weighted by atomic mass is 10.0. The third-order valence-electron chi connectivity index (χ3n) is 6.99. The van der Waals surface area contributed by atoms with Gasteiger partial charge < -0.3 is 29.3 Å². The van der Waals surface area contributed by atoms with Gasteiger partial charge in [0.2, 0.25) is 11.8 Å². The third-order valence-corrected chi connectivity index (χ3v) is 6.99. The van der Waals surface area contributed by atoms with Gasteiger partial charge in [0.1, 0.15) is 11.6 Å². The van der Waals surface area contributed by atoms with Gasteiger partial charge in [-0.05, 0) is 58.0 Å². The minimum Gasteiger partial charge on any atom is -0.444 e. The van der Waals surface area contributed by atoms with Gasteiger partial charge in [-0.25, -0.2) is 13.6 Å². The van der Waals surface area contributed by atoms with Gasteiger partial charge in [0.25, 0.3) is 17.8 Å². The molecule has 3 amide bonds. The van der Waals surface area contributed by atoms with E-state index in [0.717, 1.165) is 37.3 Å². The first-order valence-electron chi connectivity index (χ1n) is 13.4. The van der Waals surface area contributed by atoms with Crippen molar-refractivity contribution in [1.29, 1.82) is 0 Å². The number of carbonyl (C=O) groups excluding carboxylic acids is 3. The average Bonchev–Trinajstić information content (AvgIpc) is 3.50. The molecule has 3 fully saturated rings. The predicted molar refractivity (Wildman–Crippen MR) is 133 cm³/mol. The first-order chi connectivity index (χ1) is 17.9. The zero-order valence-corrected chi connectivity index (χ0v) is 22.4. The number of amides is 3. The van der Waals surface area contributed by atoms with E-state index in [1.165, 1.54) is 6.42 Å². The standard InChI is InChI=1S/C25H38F2N6O5/c1-24(2,3)37-23(36)28-17(15-32-16-25(26,27)10-9-19(32)34)14-20(35)33-13-7-8-18(33)21-29-22(30-38-21)31-11-5-4-6-12-31/h17-18H,4-16H2,1-3H3,(H,28,36)/t17-,18-/m0/s1. The molecule has 4 heterocycles. The maximum Gasteiger partial charge on any atom is 0.407 e. The van der Waals surface area contributed by atoms with Crippen LogP contribution in [-0.4, -0.2) is 88.1 Å². The van der Waals surface area contributed by atoms with Gasteiger partial charge >= 0.3 is 6.09 Å². The molecule has 1 aromatic rings. The van der Waals surface area contributed by atoms with Crippen molar-refractivity contribution in [3.8, 4) is 0 Å². The van der Waals surface area contributed by atoms with Gasteiger partial charge in [0.05, 0.1) is 12.6 Å². The zero-order valence-electron chi connectivity index (χ0n) is 22.4. The number of aromatic nitrogens is 2. The van der Waals surface area contributed by atoms with Crippen molar-refractivity contribution in [3.05, 3.63) is 5.89 Å². The number of alkyl carbamates (subject to hydrolysis) is 1. The van der Waals surface area contributed by atoms with Crippen molar-refractivity contribution in [2.75, 3.05) is 37.6 Å². The van der Waals surface area contributed by atoms with E-state index in [0.29, 0.717) is 24.8 Å². The topological polar surface area (TPSA) is 121 Å². The highest BCUT2D eigenvalue weighted by Crippen LogP contribution is 2.33. The molecule has 0 radical (unpaired) electrons. The Morgan fingerprint density at radius 3 is 2.63 bits per heavy atom. The van der Waals surface area contributed by atoms with Crippen molar-refractivity contribution in [2.24, 2.45) is 0 Å². The number of halogens is 2. The van der Waals surface area contributed by atoms with Crippen LogP contribution < -0.4 is 10.2 Å². The zero-order chi connectivity index (χ0) is 27.5. The second kappa shape index (κ2) is 11.4. The minimum absolute atomic E-state index is 0.196. The summed E-state index contributed by atoms with van der Waals surface area (Å²) in [7, 11) is 0. The van der Waals surface area contributed by atoms with E-state index in [1.54, 1.807) is 25.7 Å². The van der Waals surface area contributed by atoms with E-state index in [1.807, 2.05) is 0 Å².